The van der Waals surface area contributed by atoms with Crippen LogP contribution in [0.15, 0.2) is 63.4 Å². The molecule has 136 valence electrons. The summed E-state index contributed by atoms with van der Waals surface area (Å²) in [5.41, 5.74) is 1.04. The van der Waals surface area contributed by atoms with Crippen LogP contribution in [0.25, 0.3) is 0 Å². The molecule has 0 fully saturated rings. The molecule has 3 rings (SSSR count). The number of benzene rings is 1. The topological polar surface area (TPSA) is 88.4 Å². The number of sulfonamides is 1. The summed E-state index contributed by atoms with van der Waals surface area (Å²) >= 11 is 1.55. The Balaban J connectivity index is 1.74. The number of nitrogens with one attached hydrogen (secondary N) is 2. The Morgan fingerprint density at radius 1 is 1.15 bits per heavy atom. The molecule has 0 bridgehead atoms. The molecule has 0 unspecified atom stereocenters. The maximum atomic E-state index is 12.5. The molecule has 2 aromatic heterocycles. The second kappa shape index (κ2) is 7.86. The number of thiophene rings is 1. The summed E-state index contributed by atoms with van der Waals surface area (Å²) in [6, 6.07) is 11.7. The first-order valence-electron chi connectivity index (χ1n) is 7.89. The van der Waals surface area contributed by atoms with Crippen LogP contribution in [0.2, 0.25) is 0 Å². The molecular formula is C18H18N2O4S2. The summed E-state index contributed by atoms with van der Waals surface area (Å²) in [6.45, 7) is 2.22. The van der Waals surface area contributed by atoms with E-state index in [-0.39, 0.29) is 17.3 Å². The second-order valence-electron chi connectivity index (χ2n) is 5.64. The van der Waals surface area contributed by atoms with Crippen molar-refractivity contribution < 1.29 is 17.6 Å². The van der Waals surface area contributed by atoms with Crippen molar-refractivity contribution >= 4 is 27.3 Å². The fourth-order valence-corrected chi connectivity index (χ4v) is 4.02. The van der Waals surface area contributed by atoms with Crippen molar-refractivity contribution in [3.63, 3.8) is 0 Å². The Bertz CT molecular complexity index is 978. The van der Waals surface area contributed by atoms with Gasteiger partial charge in [-0.25, -0.2) is 13.1 Å². The molecule has 0 aliphatic rings. The molecule has 0 aliphatic carbocycles. The Morgan fingerprint density at radius 2 is 2.00 bits per heavy atom. The molecule has 8 heteroatoms. The first-order chi connectivity index (χ1) is 12.5. The highest BCUT2D eigenvalue weighted by Gasteiger charge is 2.18. The molecular weight excluding hydrogens is 372 g/mol. The van der Waals surface area contributed by atoms with Crippen LogP contribution in [0.3, 0.4) is 0 Å². The van der Waals surface area contributed by atoms with E-state index in [1.165, 1.54) is 18.4 Å². The van der Waals surface area contributed by atoms with Crippen LogP contribution in [0.1, 0.15) is 26.6 Å². The number of carbonyl (C=O) groups excluding carboxylic acids is 1. The molecule has 0 saturated carbocycles. The molecule has 26 heavy (non-hydrogen) atoms. The molecule has 0 radical (unpaired) electrons. The minimum absolute atomic E-state index is 0.0379. The third kappa shape index (κ3) is 4.40. The highest BCUT2D eigenvalue weighted by Crippen LogP contribution is 2.17. The van der Waals surface area contributed by atoms with E-state index in [1.807, 2.05) is 17.5 Å². The quantitative estimate of drug-likeness (QED) is 0.649. The van der Waals surface area contributed by atoms with Crippen molar-refractivity contribution in [2.75, 3.05) is 0 Å². The van der Waals surface area contributed by atoms with Gasteiger partial charge in [-0.3, -0.25) is 4.79 Å². The number of hydrogen-bond acceptors (Lipinski definition) is 5. The van der Waals surface area contributed by atoms with Crippen LogP contribution in [0.4, 0.5) is 0 Å². The van der Waals surface area contributed by atoms with Crippen molar-refractivity contribution in [2.45, 2.75) is 24.9 Å². The molecule has 0 aliphatic heterocycles. The van der Waals surface area contributed by atoms with E-state index in [1.54, 1.807) is 36.5 Å². The molecule has 2 heterocycles. The average Bonchev–Trinajstić information content (AvgIpc) is 3.32. The normalized spacial score (nSPS) is 11.4. The highest BCUT2D eigenvalue weighted by molar-refractivity contribution is 7.89. The highest BCUT2D eigenvalue weighted by atomic mass is 32.2. The average molecular weight is 390 g/mol. The lowest BCUT2D eigenvalue weighted by Gasteiger charge is -2.10. The van der Waals surface area contributed by atoms with E-state index < -0.39 is 10.0 Å². The van der Waals surface area contributed by atoms with Gasteiger partial charge in [0, 0.05) is 10.4 Å². The van der Waals surface area contributed by atoms with E-state index in [0.29, 0.717) is 23.4 Å². The summed E-state index contributed by atoms with van der Waals surface area (Å²) in [6.07, 6.45) is 1.48. The fourth-order valence-electron chi connectivity index (χ4n) is 2.35. The standard InChI is InChI=1S/C18H18N2O4S2/c1-13-6-7-16(26(22,23)20-11-14-4-2-8-24-14)10-17(13)18(21)19-12-15-5-3-9-25-15/h2-10,20H,11-12H2,1H3,(H,19,21). The maximum Gasteiger partial charge on any atom is 0.251 e. The number of amides is 1. The lowest BCUT2D eigenvalue weighted by molar-refractivity contribution is 0.0950. The predicted octanol–water partition coefficient (Wildman–Crippen LogP) is 3.06. The first kappa shape index (κ1) is 18.4. The van der Waals surface area contributed by atoms with Gasteiger partial charge in [0.25, 0.3) is 5.91 Å². The summed E-state index contributed by atoms with van der Waals surface area (Å²) in [7, 11) is -3.76. The van der Waals surface area contributed by atoms with Gasteiger partial charge in [-0.15, -0.1) is 11.3 Å². The molecule has 3 aromatic rings. The van der Waals surface area contributed by atoms with Gasteiger partial charge in [-0.05, 0) is 48.2 Å². The molecule has 0 atom stereocenters. The third-order valence-corrected chi connectivity index (χ3v) is 6.06. The number of furan rings is 1. The van der Waals surface area contributed by atoms with E-state index in [2.05, 4.69) is 10.0 Å². The molecule has 2 N–H and O–H groups in total. The van der Waals surface area contributed by atoms with Crippen molar-refractivity contribution in [1.29, 1.82) is 0 Å². The zero-order valence-corrected chi connectivity index (χ0v) is 15.7. The Labute approximate surface area is 155 Å². The van der Waals surface area contributed by atoms with Crippen molar-refractivity contribution in [2.24, 2.45) is 0 Å². The zero-order chi connectivity index (χ0) is 18.6. The van der Waals surface area contributed by atoms with Crippen molar-refractivity contribution in [1.82, 2.24) is 10.0 Å². The van der Waals surface area contributed by atoms with E-state index >= 15 is 0 Å². The van der Waals surface area contributed by atoms with Crippen LogP contribution in [-0.4, -0.2) is 14.3 Å². The van der Waals surface area contributed by atoms with Crippen LogP contribution < -0.4 is 10.0 Å². The Kier molecular flexibility index (Phi) is 5.55. The third-order valence-electron chi connectivity index (χ3n) is 3.78. The summed E-state index contributed by atoms with van der Waals surface area (Å²) in [4.78, 5) is 13.5. The van der Waals surface area contributed by atoms with Gasteiger partial charge >= 0.3 is 0 Å². The van der Waals surface area contributed by atoms with Gasteiger partial charge in [-0.2, -0.15) is 0 Å². The van der Waals surface area contributed by atoms with Crippen LogP contribution in [0, 0.1) is 6.92 Å². The molecule has 0 saturated heterocycles. The number of rotatable bonds is 7. The number of hydrogen-bond donors (Lipinski definition) is 2. The molecule has 6 nitrogen and oxygen atoms in total. The van der Waals surface area contributed by atoms with Gasteiger partial charge in [-0.1, -0.05) is 12.1 Å². The smallest absolute Gasteiger partial charge is 0.251 e. The summed E-state index contributed by atoms with van der Waals surface area (Å²) in [5, 5.41) is 4.75. The van der Waals surface area contributed by atoms with Crippen LogP contribution in [-0.2, 0) is 23.1 Å². The van der Waals surface area contributed by atoms with Gasteiger partial charge in [0.05, 0.1) is 24.2 Å². The monoisotopic (exact) mass is 390 g/mol. The molecule has 0 spiro atoms. The van der Waals surface area contributed by atoms with Gasteiger partial charge in [0.15, 0.2) is 0 Å². The summed E-state index contributed by atoms with van der Waals surface area (Å²) < 4.78 is 32.5. The SMILES string of the molecule is Cc1ccc(S(=O)(=O)NCc2ccco2)cc1C(=O)NCc1cccs1. The predicted molar refractivity (Wildman–Crippen MR) is 99.4 cm³/mol. The van der Waals surface area contributed by atoms with Crippen molar-refractivity contribution in [3.8, 4) is 0 Å². The molecule has 1 amide bonds. The molecule has 1 aromatic carbocycles. The Morgan fingerprint density at radius 3 is 2.69 bits per heavy atom. The lowest BCUT2D eigenvalue weighted by Crippen LogP contribution is -2.26. The Hall–Kier alpha value is -2.42. The van der Waals surface area contributed by atoms with Gasteiger partial charge in [0.1, 0.15) is 5.76 Å². The lowest BCUT2D eigenvalue weighted by atomic mass is 10.1. The maximum absolute atomic E-state index is 12.5. The van der Waals surface area contributed by atoms with Crippen LogP contribution in [0.5, 0.6) is 0 Å². The van der Waals surface area contributed by atoms with Gasteiger partial charge < -0.3 is 9.73 Å². The van der Waals surface area contributed by atoms with E-state index in [9.17, 15) is 13.2 Å². The number of aryl methyl sites for hydroxylation is 1. The van der Waals surface area contributed by atoms with Crippen LogP contribution >= 0.6 is 11.3 Å². The zero-order valence-electron chi connectivity index (χ0n) is 14.1. The largest absolute Gasteiger partial charge is 0.468 e. The minimum atomic E-state index is -3.76. The fraction of sp³-hybridized carbons (Fsp3) is 0.167. The van der Waals surface area contributed by atoms with Crippen molar-refractivity contribution in [3.05, 3.63) is 75.9 Å². The number of carbonyl (C=O) groups is 1. The van der Waals surface area contributed by atoms with Gasteiger partial charge in [0.2, 0.25) is 10.0 Å². The minimum Gasteiger partial charge on any atom is -0.468 e. The summed E-state index contributed by atoms with van der Waals surface area (Å²) in [5.74, 6) is 0.202. The van der Waals surface area contributed by atoms with E-state index in [4.69, 9.17) is 4.42 Å². The first-order valence-corrected chi connectivity index (χ1v) is 10.3. The second-order valence-corrected chi connectivity index (χ2v) is 8.44. The van der Waals surface area contributed by atoms with E-state index in [0.717, 1.165) is 4.88 Å².